The first-order valence-electron chi connectivity index (χ1n) is 9.63. The number of thioether (sulfide) groups is 1. The van der Waals surface area contributed by atoms with Crippen LogP contribution in [0.25, 0.3) is 0 Å². The molecule has 0 bridgehead atoms. The molecule has 1 aromatic carbocycles. The molecule has 1 fully saturated rings. The Bertz CT molecular complexity index is 772. The SMILES string of the molecule is CS/C(=C(/C)C(=O)c1ccc(C)cc1C)N1CCN(C(=O)OC(C)(C)C)CC1. The number of ether oxygens (including phenoxy) is 1. The van der Waals surface area contributed by atoms with E-state index in [9.17, 15) is 9.59 Å². The van der Waals surface area contributed by atoms with Gasteiger partial charge in [-0.3, -0.25) is 4.79 Å². The molecule has 1 aliphatic heterocycles. The van der Waals surface area contributed by atoms with Crippen LogP contribution in [0.3, 0.4) is 0 Å². The average Bonchev–Trinajstić information content (AvgIpc) is 2.61. The fourth-order valence-corrected chi connectivity index (χ4v) is 4.15. The number of hydrogen-bond acceptors (Lipinski definition) is 5. The number of benzene rings is 1. The highest BCUT2D eigenvalue weighted by molar-refractivity contribution is 8.02. The van der Waals surface area contributed by atoms with Crippen molar-refractivity contribution in [2.45, 2.75) is 47.1 Å². The lowest BCUT2D eigenvalue weighted by Gasteiger charge is -2.37. The minimum Gasteiger partial charge on any atom is -0.444 e. The highest BCUT2D eigenvalue weighted by atomic mass is 32.2. The molecule has 0 N–H and O–H groups in total. The average molecular weight is 405 g/mol. The number of allylic oxidation sites excluding steroid dienone is 1. The van der Waals surface area contributed by atoms with Crippen LogP contribution in [0.15, 0.2) is 28.8 Å². The summed E-state index contributed by atoms with van der Waals surface area (Å²) in [6.07, 6.45) is 1.72. The first-order chi connectivity index (χ1) is 13.0. The summed E-state index contributed by atoms with van der Waals surface area (Å²) in [5.41, 5.74) is 3.17. The Morgan fingerprint density at radius 1 is 1.04 bits per heavy atom. The van der Waals surface area contributed by atoms with Gasteiger partial charge >= 0.3 is 6.09 Å². The van der Waals surface area contributed by atoms with E-state index in [1.54, 1.807) is 16.7 Å². The predicted molar refractivity (Wildman–Crippen MR) is 116 cm³/mol. The van der Waals surface area contributed by atoms with Gasteiger partial charge in [0, 0.05) is 37.3 Å². The summed E-state index contributed by atoms with van der Waals surface area (Å²) >= 11 is 1.59. The Balaban J connectivity index is 2.12. The molecule has 1 saturated heterocycles. The molecule has 0 radical (unpaired) electrons. The Kier molecular flexibility index (Phi) is 7.21. The molecule has 1 heterocycles. The van der Waals surface area contributed by atoms with Crippen molar-refractivity contribution in [1.82, 2.24) is 9.80 Å². The van der Waals surface area contributed by atoms with E-state index in [-0.39, 0.29) is 11.9 Å². The summed E-state index contributed by atoms with van der Waals surface area (Å²) in [4.78, 5) is 29.3. The number of ketones is 1. The van der Waals surface area contributed by atoms with Crippen LogP contribution in [0.4, 0.5) is 4.79 Å². The highest BCUT2D eigenvalue weighted by Crippen LogP contribution is 2.27. The van der Waals surface area contributed by atoms with Gasteiger partial charge in [-0.15, -0.1) is 11.8 Å². The third-order valence-electron chi connectivity index (χ3n) is 4.70. The zero-order chi connectivity index (χ0) is 21.1. The van der Waals surface area contributed by atoms with E-state index in [1.165, 1.54) is 0 Å². The largest absolute Gasteiger partial charge is 0.444 e. The zero-order valence-electron chi connectivity index (χ0n) is 18.1. The Morgan fingerprint density at radius 2 is 1.61 bits per heavy atom. The second kappa shape index (κ2) is 9.03. The van der Waals surface area contributed by atoms with E-state index in [2.05, 4.69) is 4.90 Å². The van der Waals surface area contributed by atoms with Crippen molar-refractivity contribution in [3.8, 4) is 0 Å². The zero-order valence-corrected chi connectivity index (χ0v) is 18.9. The molecular weight excluding hydrogens is 372 g/mol. The minimum absolute atomic E-state index is 0.0661. The van der Waals surface area contributed by atoms with Crippen LogP contribution in [0, 0.1) is 13.8 Å². The molecule has 6 heteroatoms. The molecule has 154 valence electrons. The van der Waals surface area contributed by atoms with Crippen molar-refractivity contribution >= 4 is 23.6 Å². The molecule has 1 amide bonds. The summed E-state index contributed by atoms with van der Waals surface area (Å²) < 4.78 is 5.46. The van der Waals surface area contributed by atoms with Crippen molar-refractivity contribution in [1.29, 1.82) is 0 Å². The lowest BCUT2D eigenvalue weighted by Crippen LogP contribution is -2.49. The molecule has 0 unspecified atom stereocenters. The summed E-state index contributed by atoms with van der Waals surface area (Å²) in [6.45, 7) is 14.1. The first-order valence-corrected chi connectivity index (χ1v) is 10.9. The van der Waals surface area contributed by atoms with Gasteiger partial charge in [-0.2, -0.15) is 0 Å². The minimum atomic E-state index is -0.493. The standard InChI is InChI=1S/C22H32N2O3S/c1-15-8-9-18(16(2)14-15)19(25)17(3)20(28-7)23-10-12-24(13-11-23)21(26)27-22(4,5)6/h8-9,14H,10-13H2,1-7H3/b20-17-. The molecule has 0 atom stereocenters. The van der Waals surface area contributed by atoms with Gasteiger partial charge < -0.3 is 14.5 Å². The van der Waals surface area contributed by atoms with E-state index in [0.29, 0.717) is 26.2 Å². The van der Waals surface area contributed by atoms with E-state index >= 15 is 0 Å². The lowest BCUT2D eigenvalue weighted by molar-refractivity contribution is 0.0173. The number of nitrogens with zero attached hydrogens (tertiary/aromatic N) is 2. The van der Waals surface area contributed by atoms with Crippen molar-refractivity contribution in [2.24, 2.45) is 0 Å². The second-order valence-corrected chi connectivity index (χ2v) is 9.03. The molecular formula is C22H32N2O3S. The summed E-state index contributed by atoms with van der Waals surface area (Å²) in [7, 11) is 0. The molecule has 0 aromatic heterocycles. The van der Waals surface area contributed by atoms with Crippen molar-refractivity contribution < 1.29 is 14.3 Å². The molecule has 1 aliphatic rings. The number of amides is 1. The molecule has 0 saturated carbocycles. The van der Waals surface area contributed by atoms with Gasteiger partial charge in [0.25, 0.3) is 0 Å². The van der Waals surface area contributed by atoms with Crippen LogP contribution < -0.4 is 0 Å². The van der Waals surface area contributed by atoms with Crippen LogP contribution in [0.1, 0.15) is 49.2 Å². The lowest BCUT2D eigenvalue weighted by atomic mass is 9.98. The highest BCUT2D eigenvalue weighted by Gasteiger charge is 2.28. The molecule has 28 heavy (non-hydrogen) atoms. The topological polar surface area (TPSA) is 49.9 Å². The van der Waals surface area contributed by atoms with Crippen LogP contribution in [0.2, 0.25) is 0 Å². The molecule has 1 aromatic rings. The number of aryl methyl sites for hydroxylation is 2. The van der Waals surface area contributed by atoms with E-state index in [0.717, 1.165) is 27.3 Å². The van der Waals surface area contributed by atoms with Gasteiger partial charge in [0.05, 0.1) is 5.03 Å². The van der Waals surface area contributed by atoms with Gasteiger partial charge in [-0.25, -0.2) is 4.79 Å². The van der Waals surface area contributed by atoms with E-state index < -0.39 is 5.60 Å². The number of rotatable bonds is 4. The van der Waals surface area contributed by atoms with Crippen LogP contribution >= 0.6 is 11.8 Å². The normalized spacial score (nSPS) is 16.0. The molecule has 2 rings (SSSR count). The Morgan fingerprint density at radius 3 is 2.11 bits per heavy atom. The van der Waals surface area contributed by atoms with Crippen molar-refractivity contribution in [3.05, 3.63) is 45.5 Å². The summed E-state index contributed by atoms with van der Waals surface area (Å²) in [6, 6.07) is 5.93. The number of carbonyl (C=O) groups is 2. The summed E-state index contributed by atoms with van der Waals surface area (Å²) in [5.74, 6) is 0.0661. The number of Topliss-reactive ketones (excluding diaryl/α,β-unsaturated/α-hetero) is 1. The van der Waals surface area contributed by atoms with Gasteiger partial charge in [0.1, 0.15) is 5.60 Å². The molecule has 0 spiro atoms. The van der Waals surface area contributed by atoms with E-state index in [4.69, 9.17) is 4.74 Å². The van der Waals surface area contributed by atoms with Gasteiger partial charge in [0.15, 0.2) is 5.78 Å². The quantitative estimate of drug-likeness (QED) is 0.541. The third kappa shape index (κ3) is 5.53. The van der Waals surface area contributed by atoms with Crippen LogP contribution in [-0.4, -0.2) is 59.7 Å². The third-order valence-corrected chi connectivity index (χ3v) is 5.65. The Hall–Kier alpha value is -1.95. The summed E-state index contributed by atoms with van der Waals surface area (Å²) in [5, 5.41) is 0.980. The first kappa shape index (κ1) is 22.3. The fourth-order valence-electron chi connectivity index (χ4n) is 3.31. The molecule has 0 aliphatic carbocycles. The number of piperazine rings is 1. The fraction of sp³-hybridized carbons (Fsp3) is 0.545. The maximum absolute atomic E-state index is 13.1. The molecule has 5 nitrogen and oxygen atoms in total. The number of hydrogen-bond donors (Lipinski definition) is 0. The second-order valence-electron chi connectivity index (χ2n) is 8.24. The van der Waals surface area contributed by atoms with Crippen LogP contribution in [-0.2, 0) is 4.74 Å². The van der Waals surface area contributed by atoms with Crippen molar-refractivity contribution in [3.63, 3.8) is 0 Å². The maximum Gasteiger partial charge on any atom is 0.410 e. The number of carbonyl (C=O) groups excluding carboxylic acids is 2. The van der Waals surface area contributed by atoms with Crippen molar-refractivity contribution in [2.75, 3.05) is 32.4 Å². The maximum atomic E-state index is 13.1. The van der Waals surface area contributed by atoms with Gasteiger partial charge in [-0.1, -0.05) is 23.8 Å². The monoisotopic (exact) mass is 404 g/mol. The smallest absolute Gasteiger partial charge is 0.410 e. The van der Waals surface area contributed by atoms with Crippen LogP contribution in [0.5, 0.6) is 0 Å². The van der Waals surface area contributed by atoms with E-state index in [1.807, 2.05) is 66.0 Å². The van der Waals surface area contributed by atoms with Gasteiger partial charge in [-0.05, 0) is 53.4 Å². The predicted octanol–water partition coefficient (Wildman–Crippen LogP) is 4.63. The van der Waals surface area contributed by atoms with Gasteiger partial charge in [0.2, 0.25) is 0 Å². The Labute approximate surface area is 173 Å².